The Balaban J connectivity index is 2.89. The minimum atomic E-state index is -1.06. The number of carboxylic acids is 1. The maximum absolute atomic E-state index is 12.0. The molecular weight excluding hydrogens is 246 g/mol. The van der Waals surface area contributed by atoms with Crippen LogP contribution in [-0.4, -0.2) is 34.5 Å². The predicted octanol–water partition coefficient (Wildman–Crippen LogP) is 2.26. The predicted molar refractivity (Wildman–Crippen MR) is 62.1 cm³/mol. The summed E-state index contributed by atoms with van der Waals surface area (Å²) >= 11 is 5.57. The van der Waals surface area contributed by atoms with Gasteiger partial charge in [0.15, 0.2) is 11.0 Å². The second-order valence-electron chi connectivity index (χ2n) is 3.69. The first-order chi connectivity index (χ1) is 7.95. The lowest BCUT2D eigenvalue weighted by atomic mass is 10.2. The third-order valence-corrected chi connectivity index (χ3v) is 2.68. The minimum Gasteiger partial charge on any atom is -0.480 e. The maximum atomic E-state index is 12.0. The molecule has 17 heavy (non-hydrogen) atoms. The molecule has 0 aliphatic heterocycles. The number of carbonyl (C=O) groups excluding carboxylic acids is 1. The van der Waals surface area contributed by atoms with Gasteiger partial charge in [0, 0.05) is 6.04 Å². The molecule has 0 aromatic carbocycles. The maximum Gasteiger partial charge on any atom is 0.323 e. The van der Waals surface area contributed by atoms with Gasteiger partial charge in [-0.2, -0.15) is 0 Å². The fraction of sp³-hybridized carbons (Fsp3) is 0.455. The Morgan fingerprint density at radius 1 is 1.53 bits per heavy atom. The molecule has 0 aliphatic carbocycles. The molecule has 1 N–H and O–H groups in total. The van der Waals surface area contributed by atoms with Gasteiger partial charge < -0.3 is 14.4 Å². The van der Waals surface area contributed by atoms with Crippen LogP contribution in [0.1, 0.15) is 30.8 Å². The van der Waals surface area contributed by atoms with Crippen molar-refractivity contribution in [3.8, 4) is 0 Å². The van der Waals surface area contributed by atoms with E-state index in [4.69, 9.17) is 21.1 Å². The van der Waals surface area contributed by atoms with Gasteiger partial charge in [-0.15, -0.1) is 0 Å². The smallest absolute Gasteiger partial charge is 0.323 e. The van der Waals surface area contributed by atoms with E-state index >= 15 is 0 Å². The van der Waals surface area contributed by atoms with Crippen molar-refractivity contribution in [1.29, 1.82) is 0 Å². The molecule has 1 atom stereocenters. The molecule has 5 nitrogen and oxygen atoms in total. The van der Waals surface area contributed by atoms with Gasteiger partial charge in [-0.1, -0.05) is 6.92 Å². The molecule has 6 heteroatoms. The molecule has 1 amide bonds. The highest BCUT2D eigenvalue weighted by Crippen LogP contribution is 2.17. The van der Waals surface area contributed by atoms with Crippen molar-refractivity contribution in [1.82, 2.24) is 4.90 Å². The van der Waals surface area contributed by atoms with Crippen LogP contribution in [0.15, 0.2) is 16.5 Å². The van der Waals surface area contributed by atoms with Gasteiger partial charge in [0.1, 0.15) is 6.54 Å². The molecule has 1 aromatic rings. The lowest BCUT2D eigenvalue weighted by molar-refractivity contribution is -0.138. The molecule has 0 saturated carbocycles. The van der Waals surface area contributed by atoms with Crippen LogP contribution in [0.3, 0.4) is 0 Å². The van der Waals surface area contributed by atoms with Crippen LogP contribution in [0, 0.1) is 0 Å². The quantitative estimate of drug-likeness (QED) is 0.880. The molecule has 0 saturated heterocycles. The van der Waals surface area contributed by atoms with Crippen LogP contribution in [0.2, 0.25) is 5.22 Å². The molecule has 0 radical (unpaired) electrons. The largest absolute Gasteiger partial charge is 0.480 e. The van der Waals surface area contributed by atoms with Gasteiger partial charge in [0.2, 0.25) is 0 Å². The zero-order chi connectivity index (χ0) is 13.0. The number of hydrogen-bond donors (Lipinski definition) is 1. The van der Waals surface area contributed by atoms with Crippen molar-refractivity contribution in [2.24, 2.45) is 0 Å². The monoisotopic (exact) mass is 259 g/mol. The molecule has 1 heterocycles. The zero-order valence-corrected chi connectivity index (χ0v) is 10.4. The van der Waals surface area contributed by atoms with E-state index in [2.05, 4.69) is 0 Å². The van der Waals surface area contributed by atoms with Gasteiger partial charge in [-0.25, -0.2) is 0 Å². The standard InChI is InChI=1S/C11H14ClNO4/c1-3-7(2)13(6-10(14)15)11(16)8-4-5-9(12)17-8/h4-5,7H,3,6H2,1-2H3,(H,14,15). The van der Waals surface area contributed by atoms with Gasteiger partial charge in [0.25, 0.3) is 5.91 Å². The summed E-state index contributed by atoms with van der Waals surface area (Å²) in [5, 5.41) is 8.88. The van der Waals surface area contributed by atoms with Crippen LogP contribution in [0.4, 0.5) is 0 Å². The summed E-state index contributed by atoms with van der Waals surface area (Å²) in [5.41, 5.74) is 0. The molecule has 1 aromatic heterocycles. The highest BCUT2D eigenvalue weighted by atomic mass is 35.5. The number of rotatable bonds is 5. The second-order valence-corrected chi connectivity index (χ2v) is 4.06. The fourth-order valence-electron chi connectivity index (χ4n) is 1.36. The summed E-state index contributed by atoms with van der Waals surface area (Å²) in [5.74, 6) is -1.47. The number of aliphatic carboxylic acids is 1. The number of hydrogen-bond acceptors (Lipinski definition) is 3. The number of nitrogens with zero attached hydrogens (tertiary/aromatic N) is 1. The zero-order valence-electron chi connectivity index (χ0n) is 9.64. The van der Waals surface area contributed by atoms with Crippen LogP contribution in [0.5, 0.6) is 0 Å². The number of carbonyl (C=O) groups is 2. The van der Waals surface area contributed by atoms with Gasteiger partial charge in [-0.3, -0.25) is 9.59 Å². The van der Waals surface area contributed by atoms with Gasteiger partial charge in [-0.05, 0) is 37.1 Å². The summed E-state index contributed by atoms with van der Waals surface area (Å²) in [4.78, 5) is 24.0. The first-order valence-corrected chi connectivity index (χ1v) is 5.61. The molecule has 1 rings (SSSR count). The average molecular weight is 260 g/mol. The Morgan fingerprint density at radius 2 is 2.18 bits per heavy atom. The van der Waals surface area contributed by atoms with E-state index in [-0.39, 0.29) is 23.6 Å². The van der Waals surface area contributed by atoms with Crippen molar-refractivity contribution in [2.45, 2.75) is 26.3 Å². The van der Waals surface area contributed by atoms with E-state index in [0.717, 1.165) is 0 Å². The van der Waals surface area contributed by atoms with Crippen molar-refractivity contribution < 1.29 is 19.1 Å². The first-order valence-electron chi connectivity index (χ1n) is 5.23. The highest BCUT2D eigenvalue weighted by Gasteiger charge is 2.25. The van der Waals surface area contributed by atoms with Crippen LogP contribution < -0.4 is 0 Å². The second kappa shape index (κ2) is 5.72. The van der Waals surface area contributed by atoms with E-state index in [1.807, 2.05) is 6.92 Å². The van der Waals surface area contributed by atoms with Crippen molar-refractivity contribution in [3.63, 3.8) is 0 Å². The van der Waals surface area contributed by atoms with Crippen LogP contribution in [0.25, 0.3) is 0 Å². The van der Waals surface area contributed by atoms with E-state index < -0.39 is 11.9 Å². The molecule has 0 bridgehead atoms. The van der Waals surface area contributed by atoms with Crippen molar-refractivity contribution in [2.75, 3.05) is 6.54 Å². The first kappa shape index (κ1) is 13.6. The Bertz CT molecular complexity index is 415. The number of furan rings is 1. The van der Waals surface area contributed by atoms with E-state index in [1.165, 1.54) is 17.0 Å². The average Bonchev–Trinajstić information content (AvgIpc) is 2.70. The Hall–Kier alpha value is -1.49. The summed E-state index contributed by atoms with van der Waals surface area (Å²) < 4.78 is 4.98. The molecular formula is C11H14ClNO4. The molecule has 0 spiro atoms. The van der Waals surface area contributed by atoms with E-state index in [9.17, 15) is 9.59 Å². The Morgan fingerprint density at radius 3 is 2.59 bits per heavy atom. The number of carboxylic acid groups (broad SMARTS) is 1. The third kappa shape index (κ3) is 3.49. The Kier molecular flexibility index (Phi) is 4.57. The lowest BCUT2D eigenvalue weighted by Crippen LogP contribution is -2.41. The molecule has 94 valence electrons. The summed E-state index contributed by atoms with van der Waals surface area (Å²) in [7, 11) is 0. The van der Waals surface area contributed by atoms with Crippen LogP contribution >= 0.6 is 11.6 Å². The molecule has 0 fully saturated rings. The van der Waals surface area contributed by atoms with Crippen LogP contribution in [-0.2, 0) is 4.79 Å². The van der Waals surface area contributed by atoms with E-state index in [1.54, 1.807) is 6.92 Å². The number of amides is 1. The lowest BCUT2D eigenvalue weighted by Gasteiger charge is -2.25. The fourth-order valence-corrected chi connectivity index (χ4v) is 1.51. The van der Waals surface area contributed by atoms with Gasteiger partial charge >= 0.3 is 5.97 Å². The van der Waals surface area contributed by atoms with E-state index in [0.29, 0.717) is 6.42 Å². The summed E-state index contributed by atoms with van der Waals surface area (Å²) in [6.45, 7) is 3.31. The highest BCUT2D eigenvalue weighted by molar-refractivity contribution is 6.29. The summed E-state index contributed by atoms with van der Waals surface area (Å²) in [6, 6.07) is 2.70. The van der Waals surface area contributed by atoms with Gasteiger partial charge in [0.05, 0.1) is 0 Å². The van der Waals surface area contributed by atoms with Crippen molar-refractivity contribution in [3.05, 3.63) is 23.1 Å². The third-order valence-electron chi connectivity index (χ3n) is 2.47. The minimum absolute atomic E-state index is 0.0524. The number of halogens is 1. The van der Waals surface area contributed by atoms with Crippen molar-refractivity contribution >= 4 is 23.5 Å². The SMILES string of the molecule is CCC(C)N(CC(=O)O)C(=O)c1ccc(Cl)o1. The Labute approximate surface area is 104 Å². The molecule has 1 unspecified atom stereocenters. The topological polar surface area (TPSA) is 70.8 Å². The molecule has 0 aliphatic rings. The normalized spacial score (nSPS) is 12.2. The summed E-state index contributed by atoms with van der Waals surface area (Å²) in [6.07, 6.45) is 0.660.